The third-order valence-electron chi connectivity index (χ3n) is 12.0. The number of aromatic nitrogens is 2. The van der Waals surface area contributed by atoms with E-state index in [2.05, 4.69) is 9.97 Å². The number of carbonyl (C=O) groups is 6. The van der Waals surface area contributed by atoms with Crippen LogP contribution in [-0.4, -0.2) is 119 Å². The van der Waals surface area contributed by atoms with E-state index < -0.39 is 47.7 Å². The van der Waals surface area contributed by atoms with Crippen molar-refractivity contribution in [3.63, 3.8) is 0 Å². The summed E-state index contributed by atoms with van der Waals surface area (Å²) in [6.45, 7) is 0.911. The number of rotatable bonds is 12. The molecule has 8 rings (SSSR count). The maximum atomic E-state index is 13.9. The molecule has 2 N–H and O–H groups in total. The number of esters is 2. The zero-order valence-corrected chi connectivity index (χ0v) is 32.6. The van der Waals surface area contributed by atoms with Gasteiger partial charge >= 0.3 is 11.9 Å². The summed E-state index contributed by atoms with van der Waals surface area (Å²) in [6.07, 6.45) is 5.87. The predicted octanol–water partition coefficient (Wildman–Crippen LogP) is 4.30. The molecule has 14 heteroatoms. The molecule has 2 atom stereocenters. The summed E-state index contributed by atoms with van der Waals surface area (Å²) in [5.41, 5.74) is 5.77. The Morgan fingerprint density at radius 2 is 1.02 bits per heavy atom. The molecule has 14 nitrogen and oxygen atoms in total. The summed E-state index contributed by atoms with van der Waals surface area (Å²) in [7, 11) is 5.61. The Morgan fingerprint density at radius 1 is 0.614 bits per heavy atom. The lowest BCUT2D eigenvalue weighted by molar-refractivity contribution is -0.146. The molecule has 0 spiro atoms. The third kappa shape index (κ3) is 6.18. The second-order valence-corrected chi connectivity index (χ2v) is 15.1. The van der Waals surface area contributed by atoms with Gasteiger partial charge in [-0.2, -0.15) is 0 Å². The summed E-state index contributed by atoms with van der Waals surface area (Å²) in [4.78, 5) is 93.6. The number of amides is 4. The molecule has 2 aromatic carbocycles. The van der Waals surface area contributed by atoms with E-state index in [1.165, 1.54) is 28.3 Å². The second-order valence-electron chi connectivity index (χ2n) is 15.1. The van der Waals surface area contributed by atoms with Crippen LogP contribution >= 0.6 is 0 Å². The first-order valence-corrected chi connectivity index (χ1v) is 19.6. The van der Waals surface area contributed by atoms with Crippen molar-refractivity contribution in [2.45, 2.75) is 69.9 Å². The van der Waals surface area contributed by atoms with Crippen molar-refractivity contribution < 1.29 is 38.2 Å². The van der Waals surface area contributed by atoms with E-state index in [0.29, 0.717) is 73.9 Å². The first-order valence-electron chi connectivity index (χ1n) is 19.6. The Balaban J connectivity index is 1.09. The van der Waals surface area contributed by atoms with E-state index in [1.807, 2.05) is 48.5 Å². The Hall–Kier alpha value is -6.18. The highest BCUT2D eigenvalue weighted by Gasteiger charge is 2.47. The minimum absolute atomic E-state index is 0.235. The van der Waals surface area contributed by atoms with Gasteiger partial charge in [-0.1, -0.05) is 42.8 Å². The number of unbranched alkanes of at least 4 members (excludes halogenated alkanes) is 2. The molecule has 4 aliphatic heterocycles. The molecule has 296 valence electrons. The SMILES string of the molecule is COC(=O)[C@@H]1CCCN1C1=C(c2c(CCCCCc3[nH]c4ccccc4c3C3=C(N4CCC[C@H]4C(=O)OC)C(=O)N(C)C3=O)[nH]c3ccccc23)C(=O)N(C)C1=O. The highest BCUT2D eigenvalue weighted by molar-refractivity contribution is 6.38. The van der Waals surface area contributed by atoms with Gasteiger partial charge in [0.2, 0.25) is 0 Å². The molecular weight excluding hydrogens is 729 g/mol. The Kier molecular flexibility index (Phi) is 9.96. The summed E-state index contributed by atoms with van der Waals surface area (Å²) in [6, 6.07) is 14.1. The van der Waals surface area contributed by atoms with Crippen LogP contribution in [-0.2, 0) is 51.1 Å². The summed E-state index contributed by atoms with van der Waals surface area (Å²) in [5, 5.41) is 1.65. The van der Waals surface area contributed by atoms with Crippen LogP contribution in [0.1, 0.15) is 67.5 Å². The quantitative estimate of drug-likeness (QED) is 0.121. The molecule has 2 saturated heterocycles. The van der Waals surface area contributed by atoms with Gasteiger partial charge in [0.15, 0.2) is 0 Å². The molecule has 6 heterocycles. The van der Waals surface area contributed by atoms with Crippen LogP contribution in [0.2, 0.25) is 0 Å². The van der Waals surface area contributed by atoms with E-state index >= 15 is 0 Å². The number of ether oxygens (including phenoxy) is 2. The number of nitrogens with zero attached hydrogens (tertiary/aromatic N) is 4. The number of aromatic amines is 2. The number of para-hydroxylation sites is 2. The number of aryl methyl sites for hydroxylation is 2. The zero-order valence-electron chi connectivity index (χ0n) is 32.6. The molecule has 0 bridgehead atoms. The highest BCUT2D eigenvalue weighted by Crippen LogP contribution is 2.42. The Morgan fingerprint density at radius 3 is 1.42 bits per heavy atom. The number of imide groups is 2. The summed E-state index contributed by atoms with van der Waals surface area (Å²) in [5.74, 6) is -2.56. The van der Waals surface area contributed by atoms with E-state index in [9.17, 15) is 28.8 Å². The first kappa shape index (κ1) is 37.7. The van der Waals surface area contributed by atoms with Crippen molar-refractivity contribution in [3.05, 3.63) is 82.4 Å². The predicted molar refractivity (Wildman–Crippen MR) is 211 cm³/mol. The minimum atomic E-state index is -0.652. The van der Waals surface area contributed by atoms with Crippen LogP contribution in [0.4, 0.5) is 0 Å². The number of hydrogen-bond acceptors (Lipinski definition) is 10. The molecule has 0 saturated carbocycles. The molecule has 2 aromatic heterocycles. The smallest absolute Gasteiger partial charge is 0.328 e. The van der Waals surface area contributed by atoms with Gasteiger partial charge in [0, 0.05) is 71.5 Å². The van der Waals surface area contributed by atoms with Gasteiger partial charge in [-0.3, -0.25) is 29.0 Å². The van der Waals surface area contributed by atoms with E-state index in [-0.39, 0.29) is 11.4 Å². The number of carbonyl (C=O) groups excluding carboxylic acids is 6. The fraction of sp³-hybridized carbons (Fsp3) is 0.395. The number of benzene rings is 2. The number of likely N-dealkylation sites (tertiary alicyclic amines) is 2. The molecule has 0 aliphatic carbocycles. The van der Waals surface area contributed by atoms with Crippen molar-refractivity contribution in [1.29, 1.82) is 0 Å². The number of hydrogen-bond donors (Lipinski definition) is 2. The van der Waals surface area contributed by atoms with Crippen LogP contribution in [0, 0.1) is 0 Å². The maximum Gasteiger partial charge on any atom is 0.328 e. The van der Waals surface area contributed by atoms with Crippen molar-refractivity contribution in [3.8, 4) is 0 Å². The van der Waals surface area contributed by atoms with Gasteiger partial charge in [0.05, 0.1) is 25.4 Å². The summed E-state index contributed by atoms with van der Waals surface area (Å²) < 4.78 is 10.2. The number of likely N-dealkylation sites (N-methyl/N-ethyl adjacent to an activating group) is 2. The number of H-pyrrole nitrogens is 2. The molecule has 4 aromatic rings. The van der Waals surface area contributed by atoms with E-state index in [0.717, 1.165) is 62.3 Å². The fourth-order valence-electron chi connectivity index (χ4n) is 9.19. The lowest BCUT2D eigenvalue weighted by atomic mass is 9.96. The average Bonchev–Trinajstić information content (AvgIpc) is 4.08. The summed E-state index contributed by atoms with van der Waals surface area (Å²) >= 11 is 0. The van der Waals surface area contributed by atoms with Crippen LogP contribution in [0.25, 0.3) is 33.0 Å². The fourth-order valence-corrected chi connectivity index (χ4v) is 9.19. The highest BCUT2D eigenvalue weighted by atomic mass is 16.5. The van der Waals surface area contributed by atoms with Crippen LogP contribution < -0.4 is 0 Å². The van der Waals surface area contributed by atoms with Gasteiger partial charge in [0.25, 0.3) is 23.6 Å². The molecular formula is C43H46N6O8. The van der Waals surface area contributed by atoms with Crippen LogP contribution in [0.5, 0.6) is 0 Å². The lowest BCUT2D eigenvalue weighted by Crippen LogP contribution is -2.39. The van der Waals surface area contributed by atoms with Crippen LogP contribution in [0.15, 0.2) is 59.9 Å². The van der Waals surface area contributed by atoms with Gasteiger partial charge in [-0.25, -0.2) is 9.59 Å². The van der Waals surface area contributed by atoms with E-state index in [4.69, 9.17) is 9.47 Å². The Bertz CT molecular complexity index is 2250. The molecule has 4 amide bonds. The minimum Gasteiger partial charge on any atom is -0.467 e. The van der Waals surface area contributed by atoms with Crippen LogP contribution in [0.3, 0.4) is 0 Å². The monoisotopic (exact) mass is 774 g/mol. The van der Waals surface area contributed by atoms with Crippen molar-refractivity contribution in [1.82, 2.24) is 29.6 Å². The lowest BCUT2D eigenvalue weighted by Gasteiger charge is -2.25. The van der Waals surface area contributed by atoms with Gasteiger partial charge in [-0.15, -0.1) is 0 Å². The standard InChI is InChI=1S/C43H46N6O8/c1-46-38(50)34(36(40(46)52)48-22-12-20-30(48)42(54)56-3)32-24-14-8-10-16-26(24)44-28(32)18-6-5-7-19-29-33(25-15-9-11-17-27(25)45-29)35-37(41(53)47(2)39(35)51)49-23-13-21-31(49)43(55)57-4/h8-11,14-17,30-31,44-45H,5-7,12-13,18-23H2,1-4H3/t30-,31-/m0/s1. The number of nitrogens with one attached hydrogen (secondary N) is 2. The normalized spacial score (nSPS) is 20.2. The van der Waals surface area contributed by atoms with Crippen molar-refractivity contribution >= 4 is 68.5 Å². The zero-order chi connectivity index (χ0) is 40.1. The van der Waals surface area contributed by atoms with Gasteiger partial charge < -0.3 is 29.2 Å². The average molecular weight is 775 g/mol. The number of fused-ring (bicyclic) bond motifs is 2. The van der Waals surface area contributed by atoms with Gasteiger partial charge in [0.1, 0.15) is 23.5 Å². The second kappa shape index (κ2) is 15.1. The molecule has 4 aliphatic rings. The number of methoxy groups -OCH3 is 2. The van der Waals surface area contributed by atoms with Gasteiger partial charge in [-0.05, 0) is 63.5 Å². The van der Waals surface area contributed by atoms with Crippen molar-refractivity contribution in [2.75, 3.05) is 41.4 Å². The third-order valence-corrected chi connectivity index (χ3v) is 12.0. The molecule has 2 fully saturated rings. The van der Waals surface area contributed by atoms with E-state index in [1.54, 1.807) is 9.80 Å². The largest absolute Gasteiger partial charge is 0.467 e. The molecule has 57 heavy (non-hydrogen) atoms. The molecule has 0 radical (unpaired) electrons. The topological polar surface area (TPSA) is 165 Å². The molecule has 0 unspecified atom stereocenters. The first-order chi connectivity index (χ1) is 27.6. The maximum absolute atomic E-state index is 13.9. The Labute approximate surface area is 329 Å². The van der Waals surface area contributed by atoms with Crippen molar-refractivity contribution in [2.24, 2.45) is 0 Å².